The molecule has 4 heterocycles. The Labute approximate surface area is 310 Å². The lowest BCUT2D eigenvalue weighted by Gasteiger charge is -2.13. The van der Waals surface area contributed by atoms with Crippen LogP contribution < -0.4 is 0 Å². The van der Waals surface area contributed by atoms with Crippen molar-refractivity contribution in [1.82, 2.24) is 28.9 Å². The van der Waals surface area contributed by atoms with Gasteiger partial charge in [0.2, 0.25) is 5.95 Å². The first-order valence-corrected chi connectivity index (χ1v) is 18.1. The van der Waals surface area contributed by atoms with Crippen molar-refractivity contribution in [2.75, 3.05) is 0 Å². The summed E-state index contributed by atoms with van der Waals surface area (Å²) < 4.78 is 4.50. The fraction of sp³-hybridized carbons (Fsp3) is 0. The Morgan fingerprint density at radius 1 is 0.333 bits per heavy atom. The van der Waals surface area contributed by atoms with Crippen molar-refractivity contribution < 1.29 is 0 Å². The number of hydrogen-bond donors (Lipinski definition) is 0. The molecule has 0 fully saturated rings. The highest BCUT2D eigenvalue weighted by Gasteiger charge is 2.20. The summed E-state index contributed by atoms with van der Waals surface area (Å²) in [4.78, 5) is 20.7. The second kappa shape index (κ2) is 12.1. The Morgan fingerprint density at radius 2 is 0.907 bits per heavy atom. The molecule has 0 aliphatic heterocycles. The number of hydrogen-bond acceptors (Lipinski definition) is 4. The minimum atomic E-state index is 0.682. The Hall–Kier alpha value is -7.44. The number of para-hydroxylation sites is 4. The van der Waals surface area contributed by atoms with Gasteiger partial charge in [-0.15, -0.1) is 0 Å². The molecular weight excluding hydrogens is 661 g/mol. The van der Waals surface area contributed by atoms with Crippen LogP contribution in [0.4, 0.5) is 0 Å². The lowest BCUT2D eigenvalue weighted by molar-refractivity contribution is 0.979. The third-order valence-corrected chi connectivity index (χ3v) is 10.3. The summed E-state index contributed by atoms with van der Waals surface area (Å²) in [6.07, 6.45) is 0. The highest BCUT2D eigenvalue weighted by Crippen LogP contribution is 2.37. The molecule has 0 N–H and O–H groups in total. The topological polar surface area (TPSA) is 60.9 Å². The maximum atomic E-state index is 5.36. The molecule has 0 bridgehead atoms. The molecule has 7 aromatic carbocycles. The molecule has 54 heavy (non-hydrogen) atoms. The summed E-state index contributed by atoms with van der Waals surface area (Å²) in [6.45, 7) is 0. The van der Waals surface area contributed by atoms with Crippen molar-refractivity contribution in [2.24, 2.45) is 0 Å². The first-order valence-electron chi connectivity index (χ1n) is 18.1. The van der Waals surface area contributed by atoms with Crippen molar-refractivity contribution in [3.63, 3.8) is 0 Å². The third-order valence-electron chi connectivity index (χ3n) is 10.3. The van der Waals surface area contributed by atoms with E-state index in [0.29, 0.717) is 5.82 Å². The smallest absolute Gasteiger partial charge is 0.221 e. The van der Waals surface area contributed by atoms with Gasteiger partial charge in [0, 0.05) is 32.8 Å². The predicted octanol–water partition coefficient (Wildman–Crippen LogP) is 11.6. The van der Waals surface area contributed by atoms with E-state index >= 15 is 0 Å². The minimum absolute atomic E-state index is 0.682. The average Bonchev–Trinajstić information content (AvgIpc) is 3.80. The number of nitrogens with zero attached hydrogens (tertiary/aromatic N) is 6. The molecule has 0 atom stereocenters. The van der Waals surface area contributed by atoms with Crippen LogP contribution in [0.1, 0.15) is 0 Å². The van der Waals surface area contributed by atoms with Crippen LogP contribution in [0.2, 0.25) is 0 Å². The van der Waals surface area contributed by atoms with Gasteiger partial charge in [-0.25, -0.2) is 19.9 Å². The normalized spacial score (nSPS) is 11.7. The molecule has 0 aliphatic rings. The monoisotopic (exact) mass is 690 g/mol. The van der Waals surface area contributed by atoms with Gasteiger partial charge in [-0.05, 0) is 59.7 Å². The summed E-state index contributed by atoms with van der Waals surface area (Å²) in [6, 6.07) is 63.1. The maximum absolute atomic E-state index is 5.36. The molecule has 0 unspecified atom stereocenters. The molecule has 0 amide bonds. The summed E-state index contributed by atoms with van der Waals surface area (Å²) >= 11 is 0. The maximum Gasteiger partial charge on any atom is 0.221 e. The van der Waals surface area contributed by atoms with Crippen LogP contribution in [0.15, 0.2) is 182 Å². The average molecular weight is 691 g/mol. The Balaban J connectivity index is 1.12. The highest BCUT2D eigenvalue weighted by molar-refractivity contribution is 6.10. The minimum Gasteiger partial charge on any atom is -0.279 e. The molecule has 6 heteroatoms. The molecule has 0 radical (unpaired) electrons. The van der Waals surface area contributed by atoms with E-state index in [-0.39, 0.29) is 0 Å². The first kappa shape index (κ1) is 30.2. The Kier molecular flexibility index (Phi) is 6.75. The van der Waals surface area contributed by atoms with E-state index in [1.54, 1.807) is 0 Å². The molecule has 6 nitrogen and oxygen atoms in total. The zero-order chi connectivity index (χ0) is 35.6. The Bertz CT molecular complexity index is 3160. The third kappa shape index (κ3) is 4.81. The number of fused-ring (bicyclic) bond motifs is 8. The largest absolute Gasteiger partial charge is 0.279 e. The fourth-order valence-electron chi connectivity index (χ4n) is 7.77. The molecule has 0 saturated heterocycles. The van der Waals surface area contributed by atoms with Gasteiger partial charge in [0.1, 0.15) is 5.65 Å². The number of rotatable bonds is 5. The molecule has 0 aliphatic carbocycles. The van der Waals surface area contributed by atoms with Gasteiger partial charge in [-0.2, -0.15) is 0 Å². The van der Waals surface area contributed by atoms with Crippen LogP contribution in [0.5, 0.6) is 0 Å². The van der Waals surface area contributed by atoms with Crippen LogP contribution in [-0.4, -0.2) is 28.9 Å². The van der Waals surface area contributed by atoms with Crippen LogP contribution >= 0.6 is 0 Å². The van der Waals surface area contributed by atoms with E-state index in [1.807, 2.05) is 48.5 Å². The summed E-state index contributed by atoms with van der Waals surface area (Å²) in [5.74, 6) is 1.48. The predicted molar refractivity (Wildman–Crippen MR) is 220 cm³/mol. The van der Waals surface area contributed by atoms with Crippen LogP contribution in [0, 0.1) is 0 Å². The quantitative estimate of drug-likeness (QED) is 0.180. The van der Waals surface area contributed by atoms with E-state index in [2.05, 4.69) is 142 Å². The van der Waals surface area contributed by atoms with Gasteiger partial charge in [-0.1, -0.05) is 133 Å². The van der Waals surface area contributed by atoms with Crippen molar-refractivity contribution in [3.05, 3.63) is 182 Å². The molecule has 11 aromatic rings. The van der Waals surface area contributed by atoms with Crippen LogP contribution in [-0.2, 0) is 0 Å². The van der Waals surface area contributed by atoms with E-state index in [0.717, 1.165) is 89.2 Å². The standard InChI is InChI=1S/C48H30N6/c1-3-14-31(15-4-1)41-30-42(32-16-5-2-6-17-32)50-46(49-41)35-19-13-18-33(28-35)34-26-27-37-36-20-8-11-24-43(36)53(45(37)29-34)48-52-39-22-9-7-21-38(39)47-51-40-23-10-12-25-44(40)54(47)48/h1-30H. The summed E-state index contributed by atoms with van der Waals surface area (Å²) in [5.41, 5.74) is 12.9. The van der Waals surface area contributed by atoms with Crippen molar-refractivity contribution in [2.45, 2.75) is 0 Å². The highest BCUT2D eigenvalue weighted by atomic mass is 15.2. The van der Waals surface area contributed by atoms with Crippen molar-refractivity contribution in [3.8, 4) is 51.0 Å². The molecule has 11 rings (SSSR count). The SMILES string of the molecule is c1ccc(-c2cc(-c3ccccc3)nc(-c3cccc(-c4ccc5c6ccccc6n(-c6nc7ccccc7c7nc8ccccc8n67)c5c4)c3)n2)cc1. The van der Waals surface area contributed by atoms with E-state index in [9.17, 15) is 0 Å². The number of aromatic nitrogens is 6. The molecular formula is C48H30N6. The van der Waals surface area contributed by atoms with Gasteiger partial charge in [-0.3, -0.25) is 8.97 Å². The molecule has 252 valence electrons. The molecule has 0 spiro atoms. The van der Waals surface area contributed by atoms with Crippen LogP contribution in [0.25, 0.3) is 100 Å². The molecule has 4 aromatic heterocycles. The Morgan fingerprint density at radius 3 is 1.67 bits per heavy atom. The van der Waals surface area contributed by atoms with Crippen molar-refractivity contribution >= 4 is 49.4 Å². The lowest BCUT2D eigenvalue weighted by atomic mass is 10.0. The second-order valence-corrected chi connectivity index (χ2v) is 13.5. The first-order chi connectivity index (χ1) is 26.8. The fourth-order valence-corrected chi connectivity index (χ4v) is 7.77. The van der Waals surface area contributed by atoms with Crippen molar-refractivity contribution in [1.29, 1.82) is 0 Å². The van der Waals surface area contributed by atoms with Crippen LogP contribution in [0.3, 0.4) is 0 Å². The van der Waals surface area contributed by atoms with Gasteiger partial charge < -0.3 is 0 Å². The van der Waals surface area contributed by atoms with E-state index in [1.165, 1.54) is 5.39 Å². The van der Waals surface area contributed by atoms with E-state index in [4.69, 9.17) is 19.9 Å². The number of imidazole rings is 1. The molecule has 0 saturated carbocycles. The number of benzene rings is 7. The van der Waals surface area contributed by atoms with Gasteiger partial charge in [0.15, 0.2) is 5.82 Å². The zero-order valence-electron chi connectivity index (χ0n) is 29.0. The van der Waals surface area contributed by atoms with Gasteiger partial charge >= 0.3 is 0 Å². The summed E-state index contributed by atoms with van der Waals surface area (Å²) in [7, 11) is 0. The lowest BCUT2D eigenvalue weighted by Crippen LogP contribution is -2.06. The summed E-state index contributed by atoms with van der Waals surface area (Å²) in [5, 5.41) is 3.34. The van der Waals surface area contributed by atoms with E-state index < -0.39 is 0 Å². The zero-order valence-corrected chi connectivity index (χ0v) is 29.0. The second-order valence-electron chi connectivity index (χ2n) is 13.5. The van der Waals surface area contributed by atoms with Gasteiger partial charge in [0.25, 0.3) is 0 Å². The van der Waals surface area contributed by atoms with Gasteiger partial charge in [0.05, 0.1) is 39.0 Å².